The molecule has 21 heavy (non-hydrogen) atoms. The quantitative estimate of drug-likeness (QED) is 0.821. The summed E-state index contributed by atoms with van der Waals surface area (Å²) in [6.45, 7) is 0.973. The summed E-state index contributed by atoms with van der Waals surface area (Å²) < 4.78 is 30.0. The van der Waals surface area contributed by atoms with Crippen molar-refractivity contribution in [3.63, 3.8) is 0 Å². The standard InChI is InChI=1S/C14H18N2O4S/c1-20-12-3-4-13-11(9-12)5-7-16(13)14(17)10-15-6-2-8-21(15,18)19/h3-4,9H,2,5-8,10H2,1H3. The van der Waals surface area contributed by atoms with E-state index in [2.05, 4.69) is 0 Å². The van der Waals surface area contributed by atoms with Gasteiger partial charge in [-0.05, 0) is 36.6 Å². The van der Waals surface area contributed by atoms with Crippen LogP contribution in [0.4, 0.5) is 5.69 Å². The fraction of sp³-hybridized carbons (Fsp3) is 0.500. The lowest BCUT2D eigenvalue weighted by atomic mass is 10.1. The Labute approximate surface area is 124 Å². The van der Waals surface area contributed by atoms with Gasteiger partial charge in [0.2, 0.25) is 15.9 Å². The van der Waals surface area contributed by atoms with Crippen molar-refractivity contribution in [2.24, 2.45) is 0 Å². The third-order valence-corrected chi connectivity index (χ3v) is 5.90. The van der Waals surface area contributed by atoms with E-state index in [0.29, 0.717) is 19.5 Å². The zero-order valence-electron chi connectivity index (χ0n) is 11.9. The van der Waals surface area contributed by atoms with Crippen LogP contribution in [0.3, 0.4) is 0 Å². The van der Waals surface area contributed by atoms with Gasteiger partial charge in [0.05, 0.1) is 19.4 Å². The minimum Gasteiger partial charge on any atom is -0.497 e. The number of sulfonamides is 1. The first-order chi connectivity index (χ1) is 10.0. The van der Waals surface area contributed by atoms with Gasteiger partial charge >= 0.3 is 0 Å². The van der Waals surface area contributed by atoms with Gasteiger partial charge in [-0.15, -0.1) is 0 Å². The first-order valence-corrected chi connectivity index (χ1v) is 8.57. The van der Waals surface area contributed by atoms with Crippen LogP contribution in [0.25, 0.3) is 0 Å². The summed E-state index contributed by atoms with van der Waals surface area (Å²) in [5, 5.41) is 0. The average Bonchev–Trinajstić information content (AvgIpc) is 3.01. The average molecular weight is 310 g/mol. The lowest BCUT2D eigenvalue weighted by Crippen LogP contribution is -2.40. The van der Waals surface area contributed by atoms with E-state index in [0.717, 1.165) is 23.4 Å². The van der Waals surface area contributed by atoms with Crippen molar-refractivity contribution in [2.45, 2.75) is 12.8 Å². The lowest BCUT2D eigenvalue weighted by Gasteiger charge is -2.21. The highest BCUT2D eigenvalue weighted by atomic mass is 32.2. The predicted molar refractivity (Wildman–Crippen MR) is 79.0 cm³/mol. The number of amides is 1. The fourth-order valence-electron chi connectivity index (χ4n) is 2.87. The van der Waals surface area contributed by atoms with Crippen LogP contribution in [-0.4, -0.2) is 51.1 Å². The Morgan fingerprint density at radius 3 is 2.81 bits per heavy atom. The van der Waals surface area contributed by atoms with Crippen molar-refractivity contribution in [2.75, 3.05) is 37.4 Å². The molecule has 0 bridgehead atoms. The Morgan fingerprint density at radius 1 is 1.33 bits per heavy atom. The second kappa shape index (κ2) is 5.31. The summed E-state index contributed by atoms with van der Waals surface area (Å²) in [5.41, 5.74) is 1.92. The van der Waals surface area contributed by atoms with Crippen molar-refractivity contribution < 1.29 is 17.9 Å². The SMILES string of the molecule is COc1ccc2c(c1)CCN2C(=O)CN1CCCS1(=O)=O. The maximum Gasteiger partial charge on any atom is 0.242 e. The number of fused-ring (bicyclic) bond motifs is 1. The zero-order chi connectivity index (χ0) is 15.0. The molecule has 1 saturated heterocycles. The third-order valence-electron chi connectivity index (χ3n) is 4.00. The molecule has 2 aliphatic rings. The number of carbonyl (C=O) groups is 1. The summed E-state index contributed by atoms with van der Waals surface area (Å²) in [6.07, 6.45) is 1.37. The van der Waals surface area contributed by atoms with Gasteiger partial charge < -0.3 is 9.64 Å². The van der Waals surface area contributed by atoms with Gasteiger partial charge in [-0.3, -0.25) is 4.79 Å². The number of anilines is 1. The van der Waals surface area contributed by atoms with E-state index in [1.165, 1.54) is 4.31 Å². The molecule has 1 fully saturated rings. The second-order valence-electron chi connectivity index (χ2n) is 5.29. The van der Waals surface area contributed by atoms with Crippen molar-refractivity contribution >= 4 is 21.6 Å². The molecule has 1 aromatic rings. The summed E-state index contributed by atoms with van der Waals surface area (Å²) in [4.78, 5) is 14.1. The second-order valence-corrected chi connectivity index (χ2v) is 7.38. The molecule has 0 saturated carbocycles. The Kier molecular flexibility index (Phi) is 3.62. The molecule has 0 unspecified atom stereocenters. The molecule has 0 spiro atoms. The van der Waals surface area contributed by atoms with Gasteiger partial charge in [-0.2, -0.15) is 4.31 Å². The Balaban J connectivity index is 1.76. The largest absolute Gasteiger partial charge is 0.497 e. The van der Waals surface area contributed by atoms with Crippen molar-refractivity contribution in [3.8, 4) is 5.75 Å². The van der Waals surface area contributed by atoms with Crippen molar-refractivity contribution in [1.82, 2.24) is 4.31 Å². The van der Waals surface area contributed by atoms with E-state index in [1.54, 1.807) is 12.0 Å². The highest BCUT2D eigenvalue weighted by Crippen LogP contribution is 2.31. The third kappa shape index (κ3) is 2.63. The summed E-state index contributed by atoms with van der Waals surface area (Å²) >= 11 is 0. The first kappa shape index (κ1) is 14.3. The molecule has 0 aliphatic carbocycles. The number of carbonyl (C=O) groups excluding carboxylic acids is 1. The van der Waals surface area contributed by atoms with Gasteiger partial charge in [0.15, 0.2) is 0 Å². The molecule has 3 rings (SSSR count). The van der Waals surface area contributed by atoms with E-state index in [-0.39, 0.29) is 18.2 Å². The number of rotatable bonds is 3. The first-order valence-electron chi connectivity index (χ1n) is 6.96. The number of nitrogens with zero attached hydrogens (tertiary/aromatic N) is 2. The minimum atomic E-state index is -3.23. The minimum absolute atomic E-state index is 0.0617. The molecule has 1 aromatic carbocycles. The molecule has 2 aliphatic heterocycles. The highest BCUT2D eigenvalue weighted by Gasteiger charge is 2.33. The lowest BCUT2D eigenvalue weighted by molar-refractivity contribution is -0.118. The number of hydrogen-bond acceptors (Lipinski definition) is 4. The molecular weight excluding hydrogens is 292 g/mol. The van der Waals surface area contributed by atoms with Crippen LogP contribution >= 0.6 is 0 Å². The van der Waals surface area contributed by atoms with E-state index in [4.69, 9.17) is 4.74 Å². The van der Waals surface area contributed by atoms with Crippen LogP contribution in [0.2, 0.25) is 0 Å². The van der Waals surface area contributed by atoms with E-state index in [1.807, 2.05) is 18.2 Å². The molecule has 6 nitrogen and oxygen atoms in total. The monoisotopic (exact) mass is 310 g/mol. The number of ether oxygens (including phenoxy) is 1. The smallest absolute Gasteiger partial charge is 0.242 e. The molecule has 0 atom stereocenters. The highest BCUT2D eigenvalue weighted by molar-refractivity contribution is 7.89. The molecular formula is C14H18N2O4S. The van der Waals surface area contributed by atoms with Crippen LogP contribution in [0.1, 0.15) is 12.0 Å². The number of benzene rings is 1. The van der Waals surface area contributed by atoms with Crippen LogP contribution in [0.15, 0.2) is 18.2 Å². The van der Waals surface area contributed by atoms with Gasteiger partial charge in [0.1, 0.15) is 5.75 Å². The van der Waals surface area contributed by atoms with Crippen LogP contribution in [0, 0.1) is 0 Å². The normalized spacial score (nSPS) is 20.5. The van der Waals surface area contributed by atoms with Gasteiger partial charge in [0, 0.05) is 18.8 Å². The van der Waals surface area contributed by atoms with Gasteiger partial charge in [-0.1, -0.05) is 0 Å². The van der Waals surface area contributed by atoms with Crippen LogP contribution in [0.5, 0.6) is 5.75 Å². The predicted octanol–water partition coefficient (Wildman–Crippen LogP) is 0.620. The molecule has 0 N–H and O–H groups in total. The molecule has 7 heteroatoms. The summed E-state index contributed by atoms with van der Waals surface area (Å²) in [6, 6.07) is 5.60. The van der Waals surface area contributed by atoms with Crippen molar-refractivity contribution in [1.29, 1.82) is 0 Å². The summed E-state index contributed by atoms with van der Waals surface area (Å²) in [7, 11) is -1.62. The molecule has 2 heterocycles. The molecule has 114 valence electrons. The molecule has 1 amide bonds. The Morgan fingerprint density at radius 2 is 2.14 bits per heavy atom. The maximum absolute atomic E-state index is 12.4. The van der Waals surface area contributed by atoms with E-state index >= 15 is 0 Å². The maximum atomic E-state index is 12.4. The van der Waals surface area contributed by atoms with Crippen molar-refractivity contribution in [3.05, 3.63) is 23.8 Å². The number of methoxy groups -OCH3 is 1. The summed E-state index contributed by atoms with van der Waals surface area (Å²) in [5.74, 6) is 0.753. The number of hydrogen-bond donors (Lipinski definition) is 0. The Hall–Kier alpha value is -1.60. The van der Waals surface area contributed by atoms with Gasteiger partial charge in [0.25, 0.3) is 0 Å². The fourth-order valence-corrected chi connectivity index (χ4v) is 4.34. The van der Waals surface area contributed by atoms with Crippen LogP contribution in [-0.2, 0) is 21.2 Å². The molecule has 0 radical (unpaired) electrons. The van der Waals surface area contributed by atoms with E-state index < -0.39 is 10.0 Å². The topological polar surface area (TPSA) is 66.9 Å². The molecule has 0 aromatic heterocycles. The zero-order valence-corrected chi connectivity index (χ0v) is 12.7. The Bertz CT molecular complexity index is 672. The van der Waals surface area contributed by atoms with Gasteiger partial charge in [-0.25, -0.2) is 8.42 Å². The van der Waals surface area contributed by atoms with Crippen LogP contribution < -0.4 is 9.64 Å². The van der Waals surface area contributed by atoms with E-state index in [9.17, 15) is 13.2 Å².